The Morgan fingerprint density at radius 3 is 2.36 bits per heavy atom. The number of aromatic nitrogens is 1. The van der Waals surface area contributed by atoms with Crippen LogP contribution in [0.3, 0.4) is 0 Å². The van der Waals surface area contributed by atoms with Gasteiger partial charge in [0, 0.05) is 19.7 Å². The zero-order chi connectivity index (χ0) is 10.9. The van der Waals surface area contributed by atoms with Crippen molar-refractivity contribution in [3.63, 3.8) is 0 Å². The maximum absolute atomic E-state index is 10.7. The Kier molecular flexibility index (Phi) is 2.69. The number of rotatable bonds is 2. The van der Waals surface area contributed by atoms with E-state index in [0.29, 0.717) is 11.3 Å². The van der Waals surface area contributed by atoms with Crippen molar-refractivity contribution in [2.75, 3.05) is 19.0 Å². The molecule has 0 aliphatic heterocycles. The van der Waals surface area contributed by atoms with Crippen LogP contribution in [-0.4, -0.2) is 24.0 Å². The second kappa shape index (κ2) is 3.61. The summed E-state index contributed by atoms with van der Waals surface area (Å²) in [5.74, 6) is 0.741. The number of pyridine rings is 1. The lowest BCUT2D eigenvalue weighted by Crippen LogP contribution is -2.12. The third-order valence-corrected chi connectivity index (χ3v) is 1.98. The molecule has 1 aromatic rings. The van der Waals surface area contributed by atoms with E-state index in [-0.39, 0.29) is 5.69 Å². The van der Waals surface area contributed by atoms with E-state index in [0.717, 1.165) is 5.82 Å². The van der Waals surface area contributed by atoms with Crippen LogP contribution in [-0.2, 0) is 0 Å². The fourth-order valence-corrected chi connectivity index (χ4v) is 1.31. The average molecular weight is 195 g/mol. The molecular weight excluding hydrogens is 182 g/mol. The van der Waals surface area contributed by atoms with Crippen LogP contribution in [0.1, 0.15) is 11.3 Å². The predicted octanol–water partition coefficient (Wildman–Crippen LogP) is 1.67. The van der Waals surface area contributed by atoms with Gasteiger partial charge in [0.25, 0.3) is 5.69 Å². The number of hydrogen-bond donors (Lipinski definition) is 0. The van der Waals surface area contributed by atoms with Crippen LogP contribution >= 0.6 is 0 Å². The van der Waals surface area contributed by atoms with Crippen LogP contribution in [0.15, 0.2) is 6.07 Å². The third kappa shape index (κ3) is 1.81. The van der Waals surface area contributed by atoms with Gasteiger partial charge >= 0.3 is 0 Å². The first-order chi connectivity index (χ1) is 6.43. The van der Waals surface area contributed by atoms with Gasteiger partial charge < -0.3 is 4.90 Å². The van der Waals surface area contributed by atoms with Crippen molar-refractivity contribution < 1.29 is 4.92 Å². The zero-order valence-corrected chi connectivity index (χ0v) is 8.74. The molecule has 0 fully saturated rings. The second-order valence-corrected chi connectivity index (χ2v) is 3.38. The standard InChI is InChI=1S/C9H13N3O2/c1-6-5-8(11(3)4)10-7(2)9(6)12(13)14/h5H,1-4H3. The molecule has 5 nitrogen and oxygen atoms in total. The van der Waals surface area contributed by atoms with Gasteiger partial charge in [0.2, 0.25) is 0 Å². The molecule has 5 heteroatoms. The number of hydrogen-bond acceptors (Lipinski definition) is 4. The first-order valence-electron chi connectivity index (χ1n) is 4.23. The molecule has 1 rings (SSSR count). The van der Waals surface area contributed by atoms with Gasteiger partial charge in [-0.1, -0.05) is 0 Å². The largest absolute Gasteiger partial charge is 0.363 e. The molecule has 0 aromatic carbocycles. The fraction of sp³-hybridized carbons (Fsp3) is 0.444. The molecular formula is C9H13N3O2. The van der Waals surface area contributed by atoms with Gasteiger partial charge in [-0.3, -0.25) is 10.1 Å². The van der Waals surface area contributed by atoms with Crippen molar-refractivity contribution in [2.45, 2.75) is 13.8 Å². The van der Waals surface area contributed by atoms with E-state index < -0.39 is 4.92 Å². The van der Waals surface area contributed by atoms with E-state index >= 15 is 0 Å². The molecule has 0 N–H and O–H groups in total. The molecule has 0 bridgehead atoms. The highest BCUT2D eigenvalue weighted by Gasteiger charge is 2.17. The normalized spacial score (nSPS) is 10.0. The second-order valence-electron chi connectivity index (χ2n) is 3.38. The van der Waals surface area contributed by atoms with Gasteiger partial charge in [-0.05, 0) is 19.9 Å². The summed E-state index contributed by atoms with van der Waals surface area (Å²) in [5.41, 5.74) is 1.21. The van der Waals surface area contributed by atoms with Crippen molar-refractivity contribution in [3.8, 4) is 0 Å². The molecule has 76 valence electrons. The SMILES string of the molecule is Cc1cc(N(C)C)nc(C)c1[N+](=O)[O-]. The molecule has 0 amide bonds. The van der Waals surface area contributed by atoms with Crippen LogP contribution in [0.2, 0.25) is 0 Å². The third-order valence-electron chi connectivity index (χ3n) is 1.98. The first-order valence-corrected chi connectivity index (χ1v) is 4.23. The summed E-state index contributed by atoms with van der Waals surface area (Å²) >= 11 is 0. The molecule has 0 aliphatic rings. The van der Waals surface area contributed by atoms with Crippen molar-refractivity contribution in [3.05, 3.63) is 27.4 Å². The van der Waals surface area contributed by atoms with E-state index in [1.54, 1.807) is 19.9 Å². The highest BCUT2D eigenvalue weighted by Crippen LogP contribution is 2.24. The highest BCUT2D eigenvalue weighted by molar-refractivity contribution is 5.51. The molecule has 0 unspecified atom stereocenters. The lowest BCUT2D eigenvalue weighted by atomic mass is 10.2. The maximum Gasteiger partial charge on any atom is 0.293 e. The van der Waals surface area contributed by atoms with Crippen molar-refractivity contribution in [1.29, 1.82) is 0 Å². The van der Waals surface area contributed by atoms with Gasteiger partial charge in [-0.15, -0.1) is 0 Å². The Labute approximate surface area is 82.5 Å². The smallest absolute Gasteiger partial charge is 0.293 e. The molecule has 0 spiro atoms. The first kappa shape index (κ1) is 10.4. The van der Waals surface area contributed by atoms with Crippen molar-refractivity contribution in [1.82, 2.24) is 4.98 Å². The summed E-state index contributed by atoms with van der Waals surface area (Å²) in [6.07, 6.45) is 0. The quantitative estimate of drug-likeness (QED) is 0.532. The Hall–Kier alpha value is -1.65. The predicted molar refractivity (Wildman–Crippen MR) is 54.7 cm³/mol. The number of nitrogens with zero attached hydrogens (tertiary/aromatic N) is 3. The minimum atomic E-state index is -0.392. The average Bonchev–Trinajstić information content (AvgIpc) is 2.01. The van der Waals surface area contributed by atoms with E-state index in [1.165, 1.54) is 0 Å². The van der Waals surface area contributed by atoms with Crippen LogP contribution in [0.4, 0.5) is 11.5 Å². The number of anilines is 1. The summed E-state index contributed by atoms with van der Waals surface area (Å²) in [6.45, 7) is 3.37. The van der Waals surface area contributed by atoms with Gasteiger partial charge in [0.05, 0.1) is 4.92 Å². The van der Waals surface area contributed by atoms with Crippen LogP contribution < -0.4 is 4.90 Å². The summed E-state index contributed by atoms with van der Waals surface area (Å²) in [4.78, 5) is 16.2. The Balaban J connectivity index is 3.32. The monoisotopic (exact) mass is 195 g/mol. The van der Waals surface area contributed by atoms with E-state index in [9.17, 15) is 10.1 Å². The molecule has 14 heavy (non-hydrogen) atoms. The minimum absolute atomic E-state index is 0.107. The van der Waals surface area contributed by atoms with Gasteiger partial charge in [0.15, 0.2) is 0 Å². The van der Waals surface area contributed by atoms with E-state index in [4.69, 9.17) is 0 Å². The summed E-state index contributed by atoms with van der Waals surface area (Å²) in [6, 6.07) is 1.71. The molecule has 0 atom stereocenters. The highest BCUT2D eigenvalue weighted by atomic mass is 16.6. The molecule has 0 aliphatic carbocycles. The molecule has 0 saturated carbocycles. The lowest BCUT2D eigenvalue weighted by molar-refractivity contribution is -0.386. The van der Waals surface area contributed by atoms with Crippen LogP contribution in [0, 0.1) is 24.0 Å². The van der Waals surface area contributed by atoms with Crippen molar-refractivity contribution >= 4 is 11.5 Å². The summed E-state index contributed by atoms with van der Waals surface area (Å²) in [7, 11) is 3.71. The lowest BCUT2D eigenvalue weighted by Gasteiger charge is -2.12. The van der Waals surface area contributed by atoms with Gasteiger partial charge in [-0.25, -0.2) is 4.98 Å². The van der Waals surface area contributed by atoms with Crippen molar-refractivity contribution in [2.24, 2.45) is 0 Å². The Morgan fingerprint density at radius 1 is 1.43 bits per heavy atom. The van der Waals surface area contributed by atoms with Crippen LogP contribution in [0.25, 0.3) is 0 Å². The van der Waals surface area contributed by atoms with Gasteiger partial charge in [0.1, 0.15) is 11.5 Å². The van der Waals surface area contributed by atoms with Crippen LogP contribution in [0.5, 0.6) is 0 Å². The van der Waals surface area contributed by atoms with Gasteiger partial charge in [-0.2, -0.15) is 0 Å². The number of aryl methyl sites for hydroxylation is 2. The maximum atomic E-state index is 10.7. The zero-order valence-electron chi connectivity index (χ0n) is 8.74. The summed E-state index contributed by atoms with van der Waals surface area (Å²) < 4.78 is 0. The fourth-order valence-electron chi connectivity index (χ4n) is 1.31. The molecule has 0 radical (unpaired) electrons. The van der Waals surface area contributed by atoms with E-state index in [2.05, 4.69) is 4.98 Å². The number of nitro groups is 1. The topological polar surface area (TPSA) is 59.3 Å². The Bertz CT molecular complexity index is 351. The molecule has 1 heterocycles. The summed E-state index contributed by atoms with van der Waals surface area (Å²) in [5, 5.41) is 10.7. The Morgan fingerprint density at radius 2 is 2.00 bits per heavy atom. The molecule has 0 saturated heterocycles. The minimum Gasteiger partial charge on any atom is -0.363 e. The van der Waals surface area contributed by atoms with E-state index in [1.807, 2.05) is 19.0 Å². The molecule has 1 aromatic heterocycles.